The minimum absolute atomic E-state index is 0.0562. The molecular formula is C17H19N3O3. The van der Waals surface area contributed by atoms with Crippen LogP contribution in [-0.4, -0.2) is 32.3 Å². The Bertz CT molecular complexity index is 737. The lowest BCUT2D eigenvalue weighted by Crippen LogP contribution is -2.08. The fraction of sp³-hybridized carbons (Fsp3) is 0.235. The summed E-state index contributed by atoms with van der Waals surface area (Å²) in [6.45, 7) is 1.79. The Morgan fingerprint density at radius 3 is 2.39 bits per heavy atom. The third-order valence-electron chi connectivity index (χ3n) is 3.46. The fourth-order valence-electron chi connectivity index (χ4n) is 2.11. The van der Waals surface area contributed by atoms with Gasteiger partial charge in [-0.1, -0.05) is 12.1 Å². The normalized spacial score (nSPS) is 10.8. The molecule has 0 radical (unpaired) electrons. The molecule has 0 spiro atoms. The Morgan fingerprint density at radius 2 is 1.87 bits per heavy atom. The highest BCUT2D eigenvalue weighted by Gasteiger charge is 2.16. The number of ether oxygens (including phenoxy) is 1. The van der Waals surface area contributed by atoms with Crippen LogP contribution in [0.1, 0.15) is 11.1 Å². The van der Waals surface area contributed by atoms with E-state index in [1.165, 1.54) is 13.2 Å². The minimum atomic E-state index is -0.459. The lowest BCUT2D eigenvalue weighted by atomic mass is 10.1. The largest absolute Gasteiger partial charge is 0.490 e. The summed E-state index contributed by atoms with van der Waals surface area (Å²) in [5, 5.41) is 11.0. The number of hydrogen-bond acceptors (Lipinski definition) is 5. The SMILES string of the molecule is COc1cc(N=Cc2ccc(N(C)C)cc2)c(C)cc1[N+](=O)[O-]. The summed E-state index contributed by atoms with van der Waals surface area (Å²) in [7, 11) is 5.37. The third-order valence-corrected chi connectivity index (χ3v) is 3.46. The van der Waals surface area contributed by atoms with E-state index in [9.17, 15) is 10.1 Å². The molecule has 23 heavy (non-hydrogen) atoms. The van der Waals surface area contributed by atoms with Crippen LogP contribution >= 0.6 is 0 Å². The van der Waals surface area contributed by atoms with Gasteiger partial charge in [0, 0.05) is 38.1 Å². The van der Waals surface area contributed by atoms with Gasteiger partial charge in [-0.05, 0) is 30.2 Å². The van der Waals surface area contributed by atoms with Gasteiger partial charge in [0.2, 0.25) is 0 Å². The molecular weight excluding hydrogens is 294 g/mol. The lowest BCUT2D eigenvalue weighted by molar-refractivity contribution is -0.385. The van der Waals surface area contributed by atoms with Gasteiger partial charge >= 0.3 is 5.69 Å². The average Bonchev–Trinajstić information content (AvgIpc) is 2.53. The highest BCUT2D eigenvalue weighted by molar-refractivity contribution is 5.83. The molecule has 0 saturated carbocycles. The Kier molecular flexibility index (Phi) is 4.95. The van der Waals surface area contributed by atoms with Crippen molar-refractivity contribution >= 4 is 23.3 Å². The zero-order chi connectivity index (χ0) is 17.0. The second-order valence-corrected chi connectivity index (χ2v) is 5.31. The number of methoxy groups -OCH3 is 1. The van der Waals surface area contributed by atoms with Crippen LogP contribution in [0.25, 0.3) is 0 Å². The van der Waals surface area contributed by atoms with Gasteiger partial charge in [-0.15, -0.1) is 0 Å². The van der Waals surface area contributed by atoms with Gasteiger partial charge in [-0.2, -0.15) is 0 Å². The Balaban J connectivity index is 2.30. The molecule has 2 aromatic carbocycles. The number of benzene rings is 2. The summed E-state index contributed by atoms with van der Waals surface area (Å²) in [5.74, 6) is 0.204. The predicted octanol–water partition coefficient (Wildman–Crippen LogP) is 3.73. The number of aliphatic imine (C=N–C) groups is 1. The van der Waals surface area contributed by atoms with Crippen LogP contribution in [0.2, 0.25) is 0 Å². The van der Waals surface area contributed by atoms with Crippen LogP contribution in [0, 0.1) is 17.0 Å². The Hall–Kier alpha value is -2.89. The molecule has 2 aromatic rings. The zero-order valence-electron chi connectivity index (χ0n) is 13.6. The van der Waals surface area contributed by atoms with Crippen molar-refractivity contribution in [2.45, 2.75) is 6.92 Å². The maximum atomic E-state index is 11.0. The van der Waals surface area contributed by atoms with Crippen molar-refractivity contribution in [2.24, 2.45) is 4.99 Å². The van der Waals surface area contributed by atoms with Crippen LogP contribution in [0.5, 0.6) is 5.75 Å². The monoisotopic (exact) mass is 313 g/mol. The maximum absolute atomic E-state index is 11.0. The van der Waals surface area contributed by atoms with E-state index in [0.29, 0.717) is 5.69 Å². The second kappa shape index (κ2) is 6.91. The fourth-order valence-corrected chi connectivity index (χ4v) is 2.11. The molecule has 0 saturated heterocycles. The first-order valence-electron chi connectivity index (χ1n) is 7.07. The molecule has 2 rings (SSSR count). The highest BCUT2D eigenvalue weighted by atomic mass is 16.6. The average molecular weight is 313 g/mol. The van der Waals surface area contributed by atoms with E-state index in [0.717, 1.165) is 16.8 Å². The van der Waals surface area contributed by atoms with Crippen LogP contribution in [0.3, 0.4) is 0 Å². The number of aryl methyl sites for hydroxylation is 1. The predicted molar refractivity (Wildman–Crippen MR) is 92.4 cm³/mol. The van der Waals surface area contributed by atoms with E-state index in [2.05, 4.69) is 4.99 Å². The van der Waals surface area contributed by atoms with Crippen molar-refractivity contribution < 1.29 is 9.66 Å². The van der Waals surface area contributed by atoms with Gasteiger partial charge < -0.3 is 9.64 Å². The molecule has 0 heterocycles. The van der Waals surface area contributed by atoms with Crippen LogP contribution in [0.15, 0.2) is 41.4 Å². The number of nitrogens with zero attached hydrogens (tertiary/aromatic N) is 3. The van der Waals surface area contributed by atoms with E-state index < -0.39 is 4.92 Å². The molecule has 6 heteroatoms. The summed E-state index contributed by atoms with van der Waals surface area (Å²) in [4.78, 5) is 17.0. The maximum Gasteiger partial charge on any atom is 0.311 e. The van der Waals surface area contributed by atoms with Crippen molar-refractivity contribution in [1.82, 2.24) is 0 Å². The quantitative estimate of drug-likeness (QED) is 0.479. The van der Waals surface area contributed by atoms with Crippen molar-refractivity contribution in [2.75, 3.05) is 26.1 Å². The van der Waals surface area contributed by atoms with E-state index >= 15 is 0 Å². The highest BCUT2D eigenvalue weighted by Crippen LogP contribution is 2.34. The summed E-state index contributed by atoms with van der Waals surface area (Å²) >= 11 is 0. The molecule has 0 N–H and O–H groups in total. The summed E-state index contributed by atoms with van der Waals surface area (Å²) < 4.78 is 5.08. The lowest BCUT2D eigenvalue weighted by Gasteiger charge is -2.11. The topological polar surface area (TPSA) is 68.0 Å². The van der Waals surface area contributed by atoms with Crippen LogP contribution < -0.4 is 9.64 Å². The first-order chi connectivity index (χ1) is 10.9. The van der Waals surface area contributed by atoms with Gasteiger partial charge in [0.25, 0.3) is 0 Å². The number of anilines is 1. The van der Waals surface area contributed by atoms with Crippen molar-refractivity contribution in [3.8, 4) is 5.75 Å². The molecule has 0 amide bonds. The van der Waals surface area contributed by atoms with Crippen molar-refractivity contribution in [3.63, 3.8) is 0 Å². The van der Waals surface area contributed by atoms with Gasteiger partial charge in [0.05, 0.1) is 17.7 Å². The minimum Gasteiger partial charge on any atom is -0.490 e. The van der Waals surface area contributed by atoms with Gasteiger partial charge in [-0.25, -0.2) is 0 Å². The van der Waals surface area contributed by atoms with Gasteiger partial charge in [-0.3, -0.25) is 15.1 Å². The van der Waals surface area contributed by atoms with Crippen LogP contribution in [0.4, 0.5) is 17.1 Å². The van der Waals surface area contributed by atoms with E-state index in [-0.39, 0.29) is 11.4 Å². The van der Waals surface area contributed by atoms with E-state index in [4.69, 9.17) is 4.74 Å². The molecule has 0 aliphatic carbocycles. The third kappa shape index (κ3) is 3.85. The second-order valence-electron chi connectivity index (χ2n) is 5.31. The first-order valence-corrected chi connectivity index (χ1v) is 7.07. The van der Waals surface area contributed by atoms with Crippen molar-refractivity contribution in [1.29, 1.82) is 0 Å². The summed E-state index contributed by atoms with van der Waals surface area (Å²) in [5.41, 5.74) is 3.37. The van der Waals surface area contributed by atoms with E-state index in [1.807, 2.05) is 43.3 Å². The smallest absolute Gasteiger partial charge is 0.311 e. The molecule has 6 nitrogen and oxygen atoms in total. The Morgan fingerprint density at radius 1 is 1.22 bits per heavy atom. The number of nitro benzene ring substituents is 1. The molecule has 120 valence electrons. The zero-order valence-corrected chi connectivity index (χ0v) is 13.6. The molecule has 0 fully saturated rings. The molecule has 0 aliphatic heterocycles. The van der Waals surface area contributed by atoms with Gasteiger partial charge in [0.1, 0.15) is 0 Å². The Labute approximate surface area is 135 Å². The summed E-state index contributed by atoms with van der Waals surface area (Å²) in [6.07, 6.45) is 1.73. The van der Waals surface area contributed by atoms with Crippen molar-refractivity contribution in [3.05, 3.63) is 57.6 Å². The first kappa shape index (κ1) is 16.5. The molecule has 0 aromatic heterocycles. The molecule has 0 atom stereocenters. The number of nitro groups is 1. The molecule has 0 aliphatic rings. The molecule has 0 bridgehead atoms. The van der Waals surface area contributed by atoms with Gasteiger partial charge in [0.15, 0.2) is 5.75 Å². The molecule has 0 unspecified atom stereocenters. The standard InChI is InChI=1S/C17H19N3O3/c1-12-9-16(20(21)22)17(23-4)10-15(12)18-11-13-5-7-14(8-6-13)19(2)3/h5-11H,1-4H3. The van der Waals surface area contributed by atoms with Crippen LogP contribution in [-0.2, 0) is 0 Å². The summed E-state index contributed by atoms with van der Waals surface area (Å²) in [6, 6.07) is 11.0. The van der Waals surface area contributed by atoms with E-state index in [1.54, 1.807) is 19.2 Å². The number of rotatable bonds is 5. The number of hydrogen-bond donors (Lipinski definition) is 0.